The first-order chi connectivity index (χ1) is 57.9. The highest BCUT2D eigenvalue weighted by molar-refractivity contribution is 5.92. The van der Waals surface area contributed by atoms with Crippen molar-refractivity contribution in [3.05, 3.63) is 0 Å². The van der Waals surface area contributed by atoms with Crippen LogP contribution in [0.25, 0.3) is 0 Å². The SMILES string of the molecule is CNCCONC(=O)[C@@H]1CC[C@@H]2CN1C(=O)N2OC.CN[C@@H](C)CONC(=O)[C@@H]1CC[C@@H]2CN1C(=O)N2OC.CN[C@H](C)CONC(=O)[C@@H]1CC[C@@H]2CN1C(=O)N2OC.CON1C(=O)N2C[C@H]1CC[C@H]2C(=O)NOCCN(C)C.CON1C(=O)N2C[C@H]1CC[C@H]2C(=O)NOCCN(C)C.CON1C(=O)N2C[C@H]1CC[C@H]2C(=O)NOCCN(C)C(C)C. The number of hydrogen-bond acceptors (Lipinski definition) is 30. The highest BCUT2D eigenvalue weighted by Gasteiger charge is 2.53. The number of hydrogen-bond donors (Lipinski definition) is 9. The molecule has 12 fully saturated rings. The summed E-state index contributed by atoms with van der Waals surface area (Å²) in [6.07, 6.45) is 8.25. The van der Waals surface area contributed by atoms with Gasteiger partial charge in [0.1, 0.15) is 36.3 Å². The van der Waals surface area contributed by atoms with Gasteiger partial charge in [-0.15, -0.1) is 0 Å². The second kappa shape index (κ2) is 49.3. The van der Waals surface area contributed by atoms with Gasteiger partial charge in [0, 0.05) is 83.6 Å². The van der Waals surface area contributed by atoms with Crippen LogP contribution in [-0.2, 0) is 86.8 Å². The quantitative estimate of drug-likeness (QED) is 0.0222. The first-order valence-electron chi connectivity index (χ1n) is 41.2. The molecule has 0 unspecified atom stereocenters. The molecule has 12 rings (SSSR count). The molecule has 0 aliphatic carbocycles. The van der Waals surface area contributed by atoms with Gasteiger partial charge < -0.3 is 60.0 Å². The Morgan fingerprint density at radius 3 is 0.719 bits per heavy atom. The number of rotatable bonds is 37. The van der Waals surface area contributed by atoms with Gasteiger partial charge in [-0.1, -0.05) is 0 Å². The molecule has 121 heavy (non-hydrogen) atoms. The average molecular weight is 1730 g/mol. The zero-order valence-corrected chi connectivity index (χ0v) is 73.5. The molecular formula is C73H134N24O24. The second-order valence-electron chi connectivity index (χ2n) is 31.6. The second-order valence-corrected chi connectivity index (χ2v) is 31.6. The minimum atomic E-state index is -0.483. The minimum Gasteiger partial charge on any atom is -0.317 e. The van der Waals surface area contributed by atoms with Gasteiger partial charge in [-0.25, -0.2) is 61.6 Å². The molecule has 0 aromatic heterocycles. The standard InChI is InChI=1S/C14H26N4O4.4C12H22N4O4.C11H20N4O4/c1-10(2)16(3)7-8-22-15-13(19)12-6-5-11-9-17(12)14(20)18(11)21-4;2*1-8(13-2)7-20-14-11(17)10-5-4-9-6-15(10)12(18)16(9)19-3;2*1-14(2)6-7-20-13-11(17)10-5-4-9-8-15(10)12(18)16(9)19-3;1-12-5-6-19-13-10(16)9-4-3-8-7-14(9)11(17)15(8)18-2/h10-12H,5-9H2,1-4H3,(H,15,19);2*8-10,13H,4-7H2,1-3H3,(H,14,17);2*9-10H,4-8H2,1-3H3,(H,13,17);8-9,12H,3-7H2,1-2H3,(H,13,16)/t11-,12+;8-,9+,10-;8-,9-,10+;2*9-,10+;8-,9+/m101111/s1. The highest BCUT2D eigenvalue weighted by atomic mass is 16.7. The number of urea groups is 6. The van der Waals surface area contributed by atoms with Crippen LogP contribution < -0.4 is 48.8 Å². The molecule has 12 aliphatic rings. The molecule has 12 saturated heterocycles. The van der Waals surface area contributed by atoms with Gasteiger partial charge in [-0.05, 0) is 161 Å². The van der Waals surface area contributed by atoms with Crippen molar-refractivity contribution in [2.75, 3.05) is 204 Å². The van der Waals surface area contributed by atoms with E-state index >= 15 is 0 Å². The zero-order valence-electron chi connectivity index (χ0n) is 73.5. The van der Waals surface area contributed by atoms with Crippen LogP contribution in [0.15, 0.2) is 0 Å². The van der Waals surface area contributed by atoms with E-state index in [0.717, 1.165) is 45.1 Å². The van der Waals surface area contributed by atoms with Gasteiger partial charge in [0.2, 0.25) is 0 Å². The summed E-state index contributed by atoms with van der Waals surface area (Å²) in [4.78, 5) is 221. The topological polar surface area (TPSA) is 472 Å². The Morgan fingerprint density at radius 1 is 0.322 bits per heavy atom. The Kier molecular flexibility index (Phi) is 40.6. The number of fused-ring (bicyclic) bond motifs is 12. The number of likely N-dealkylation sites (N-methyl/N-ethyl adjacent to an activating group) is 6. The van der Waals surface area contributed by atoms with E-state index in [-0.39, 0.29) is 120 Å². The summed E-state index contributed by atoms with van der Waals surface area (Å²) in [5, 5.41) is 17.0. The maximum absolute atomic E-state index is 12.2. The van der Waals surface area contributed by atoms with E-state index in [9.17, 15) is 57.5 Å². The lowest BCUT2D eigenvalue weighted by atomic mass is 10.0. The van der Waals surface area contributed by atoms with Crippen LogP contribution in [0, 0.1) is 0 Å². The smallest absolute Gasteiger partial charge is 0.317 e. The van der Waals surface area contributed by atoms with Crippen LogP contribution in [0.5, 0.6) is 0 Å². The molecular weight excluding hydrogens is 1600 g/mol. The van der Waals surface area contributed by atoms with Crippen LogP contribution in [-0.4, -0.2) is 441 Å². The molecule has 0 aromatic carbocycles. The van der Waals surface area contributed by atoms with Crippen molar-refractivity contribution in [1.29, 1.82) is 0 Å². The van der Waals surface area contributed by atoms with E-state index in [1.54, 1.807) is 21.7 Å². The molecule has 690 valence electrons. The van der Waals surface area contributed by atoms with Crippen molar-refractivity contribution in [1.82, 2.24) is 123 Å². The first-order valence-corrected chi connectivity index (χ1v) is 41.2. The number of hydroxylamine groups is 18. The number of nitrogens with one attached hydrogen (secondary N) is 9. The number of carbonyl (C=O) groups is 12. The van der Waals surface area contributed by atoms with Crippen molar-refractivity contribution in [2.45, 2.75) is 195 Å². The largest absolute Gasteiger partial charge is 0.345 e. The summed E-state index contributed by atoms with van der Waals surface area (Å²) in [6, 6.07) is -3.37. The fourth-order valence-electron chi connectivity index (χ4n) is 15.4. The monoisotopic (exact) mass is 1730 g/mol. The molecule has 0 spiro atoms. The van der Waals surface area contributed by atoms with Gasteiger partial charge in [-0.2, -0.15) is 30.4 Å². The van der Waals surface area contributed by atoms with Gasteiger partial charge >= 0.3 is 36.2 Å². The first kappa shape index (κ1) is 99.8. The Balaban J connectivity index is 0.000000200. The molecule has 14 atom stereocenters. The van der Waals surface area contributed by atoms with E-state index < -0.39 is 36.3 Å². The number of carbonyl (C=O) groups excluding carboxylic acids is 12. The van der Waals surface area contributed by atoms with E-state index in [0.29, 0.717) is 143 Å². The fraction of sp³-hybridized carbons (Fsp3) is 0.836. The summed E-state index contributed by atoms with van der Waals surface area (Å²) in [6.45, 7) is 16.4. The lowest BCUT2D eigenvalue weighted by Gasteiger charge is -2.29. The summed E-state index contributed by atoms with van der Waals surface area (Å²) in [5.41, 5.74) is 14.5. The van der Waals surface area contributed by atoms with Crippen molar-refractivity contribution in [2.24, 2.45) is 0 Å². The molecule has 9 N–H and O–H groups in total. The van der Waals surface area contributed by atoms with E-state index in [4.69, 9.17) is 58.1 Å². The molecule has 0 radical (unpaired) electrons. The third-order valence-electron chi connectivity index (χ3n) is 22.8. The average Bonchev–Trinajstić information content (AvgIpc) is 1.67. The summed E-state index contributed by atoms with van der Waals surface area (Å²) in [7, 11) is 24.0. The summed E-state index contributed by atoms with van der Waals surface area (Å²) in [5.74, 6) is -1.64. The lowest BCUT2D eigenvalue weighted by molar-refractivity contribution is -0.139. The number of amides is 18. The van der Waals surface area contributed by atoms with Crippen molar-refractivity contribution in [3.8, 4) is 0 Å². The molecule has 12 bridgehead atoms. The maximum Gasteiger partial charge on any atom is 0.345 e. The van der Waals surface area contributed by atoms with Crippen molar-refractivity contribution >= 4 is 71.6 Å². The molecule has 48 nitrogen and oxygen atoms in total. The Labute approximate surface area is 707 Å². The third-order valence-corrected chi connectivity index (χ3v) is 22.8. The Bertz CT molecular complexity index is 3230. The predicted octanol–water partition coefficient (Wildman–Crippen LogP) is -2.92. The molecule has 12 aliphatic heterocycles. The van der Waals surface area contributed by atoms with E-state index in [1.807, 2.05) is 73.0 Å². The molecule has 18 amide bonds. The van der Waals surface area contributed by atoms with Crippen molar-refractivity contribution < 1.29 is 116 Å². The third kappa shape index (κ3) is 26.6. The van der Waals surface area contributed by atoms with Crippen LogP contribution in [0.4, 0.5) is 28.8 Å². The van der Waals surface area contributed by atoms with Gasteiger partial charge in [0.05, 0.1) is 119 Å². The molecule has 12 heterocycles. The van der Waals surface area contributed by atoms with E-state index in [1.165, 1.54) is 87.7 Å². The summed E-state index contributed by atoms with van der Waals surface area (Å²) >= 11 is 0. The van der Waals surface area contributed by atoms with Crippen molar-refractivity contribution in [3.63, 3.8) is 0 Å². The molecule has 0 aromatic rings. The predicted molar refractivity (Wildman–Crippen MR) is 427 cm³/mol. The van der Waals surface area contributed by atoms with Gasteiger partial charge in [0.15, 0.2) is 0 Å². The fourth-order valence-corrected chi connectivity index (χ4v) is 15.4. The Morgan fingerprint density at radius 2 is 0.529 bits per heavy atom. The van der Waals surface area contributed by atoms with Gasteiger partial charge in [-0.3, -0.25) is 86.8 Å². The minimum absolute atomic E-state index is 0.0433. The highest BCUT2D eigenvalue weighted by Crippen LogP contribution is 2.36. The maximum atomic E-state index is 12.2. The normalized spacial score (nSPS) is 25.8. The number of piperidine rings is 6. The molecule has 0 saturated carbocycles. The molecule has 48 heteroatoms. The van der Waals surface area contributed by atoms with Crippen LogP contribution >= 0.6 is 0 Å². The van der Waals surface area contributed by atoms with Crippen LogP contribution in [0.3, 0.4) is 0 Å². The Hall–Kier alpha value is -8.28. The van der Waals surface area contributed by atoms with Gasteiger partial charge in [0.25, 0.3) is 35.4 Å². The lowest BCUT2D eigenvalue weighted by Crippen LogP contribution is -2.50. The summed E-state index contributed by atoms with van der Waals surface area (Å²) < 4.78 is 0. The zero-order chi connectivity index (χ0) is 88.9. The number of nitrogens with zero attached hydrogens (tertiary/aromatic N) is 15. The van der Waals surface area contributed by atoms with Crippen LogP contribution in [0.1, 0.15) is 105 Å². The van der Waals surface area contributed by atoms with Crippen LogP contribution in [0.2, 0.25) is 0 Å². The van der Waals surface area contributed by atoms with E-state index in [2.05, 4.69) is 67.6 Å².